The van der Waals surface area contributed by atoms with Crippen molar-refractivity contribution < 1.29 is 8.42 Å². The van der Waals surface area contributed by atoms with Crippen molar-refractivity contribution >= 4 is 10.0 Å². The van der Waals surface area contributed by atoms with Gasteiger partial charge in [0.25, 0.3) is 0 Å². The average Bonchev–Trinajstić information content (AvgIpc) is 2.47. The van der Waals surface area contributed by atoms with Crippen molar-refractivity contribution in [3.63, 3.8) is 0 Å². The van der Waals surface area contributed by atoms with Crippen LogP contribution < -0.4 is 10.0 Å². The fourth-order valence-electron chi connectivity index (χ4n) is 2.00. The minimum absolute atomic E-state index is 0.0182. The Hall–Kier alpha value is -1.76. The van der Waals surface area contributed by atoms with E-state index >= 15 is 0 Å². The zero-order chi connectivity index (χ0) is 15.1. The number of nitrogens with zero attached hydrogens (tertiary/aromatic N) is 1. The van der Waals surface area contributed by atoms with Gasteiger partial charge in [-0.3, -0.25) is 4.98 Å². The standard InChI is InChI=1S/C15H19N3O2S/c1-16-10-14-3-2-4-15(9-14)12-21(19,20)18-11-13-5-7-17-8-6-13/h2-9,16,18H,10-12H2,1H3. The van der Waals surface area contributed by atoms with Gasteiger partial charge in [0.1, 0.15) is 0 Å². The maximum atomic E-state index is 12.1. The van der Waals surface area contributed by atoms with Crippen molar-refractivity contribution in [2.45, 2.75) is 18.8 Å². The molecular formula is C15H19N3O2S. The highest BCUT2D eigenvalue weighted by Gasteiger charge is 2.11. The molecule has 2 N–H and O–H groups in total. The van der Waals surface area contributed by atoms with E-state index in [-0.39, 0.29) is 12.3 Å². The summed E-state index contributed by atoms with van der Waals surface area (Å²) in [7, 11) is -1.49. The summed E-state index contributed by atoms with van der Waals surface area (Å²) in [4.78, 5) is 3.90. The van der Waals surface area contributed by atoms with Crippen LogP contribution in [0.3, 0.4) is 0 Å². The van der Waals surface area contributed by atoms with Gasteiger partial charge in [0.15, 0.2) is 0 Å². The second-order valence-electron chi connectivity index (χ2n) is 4.79. The molecule has 2 aromatic rings. The van der Waals surface area contributed by atoms with Crippen molar-refractivity contribution in [2.24, 2.45) is 0 Å². The molecule has 0 aliphatic rings. The van der Waals surface area contributed by atoms with Crippen LogP contribution in [-0.2, 0) is 28.9 Å². The molecule has 0 fully saturated rings. The van der Waals surface area contributed by atoms with Gasteiger partial charge in [-0.05, 0) is 35.9 Å². The fourth-order valence-corrected chi connectivity index (χ4v) is 3.10. The normalized spacial score (nSPS) is 11.5. The molecule has 1 aromatic heterocycles. The highest BCUT2D eigenvalue weighted by atomic mass is 32.2. The molecule has 0 atom stereocenters. The van der Waals surface area contributed by atoms with Gasteiger partial charge in [-0.1, -0.05) is 24.3 Å². The van der Waals surface area contributed by atoms with E-state index in [0.29, 0.717) is 0 Å². The van der Waals surface area contributed by atoms with E-state index in [1.807, 2.05) is 31.3 Å². The first-order valence-electron chi connectivity index (χ1n) is 6.68. The van der Waals surface area contributed by atoms with Crippen molar-refractivity contribution in [3.8, 4) is 0 Å². The number of sulfonamides is 1. The zero-order valence-electron chi connectivity index (χ0n) is 11.9. The van der Waals surface area contributed by atoms with Crippen LogP contribution in [0.25, 0.3) is 0 Å². The van der Waals surface area contributed by atoms with E-state index in [0.717, 1.165) is 23.2 Å². The van der Waals surface area contributed by atoms with Crippen LogP contribution in [0.15, 0.2) is 48.8 Å². The Kier molecular flexibility index (Phi) is 5.44. The summed E-state index contributed by atoms with van der Waals surface area (Å²) in [5.41, 5.74) is 2.74. The van der Waals surface area contributed by atoms with E-state index in [1.165, 1.54) is 0 Å². The van der Waals surface area contributed by atoms with Crippen LogP contribution in [0, 0.1) is 0 Å². The van der Waals surface area contributed by atoms with E-state index in [2.05, 4.69) is 15.0 Å². The van der Waals surface area contributed by atoms with E-state index in [1.54, 1.807) is 24.5 Å². The number of aromatic nitrogens is 1. The SMILES string of the molecule is CNCc1cccc(CS(=O)(=O)NCc2ccncc2)c1. The van der Waals surface area contributed by atoms with Crippen molar-refractivity contribution in [1.82, 2.24) is 15.0 Å². The summed E-state index contributed by atoms with van der Waals surface area (Å²) >= 11 is 0. The Bertz CT molecular complexity index is 672. The van der Waals surface area contributed by atoms with Crippen LogP contribution in [0.1, 0.15) is 16.7 Å². The van der Waals surface area contributed by atoms with Crippen molar-refractivity contribution in [1.29, 1.82) is 0 Å². The summed E-state index contributed by atoms with van der Waals surface area (Å²) < 4.78 is 26.8. The third-order valence-electron chi connectivity index (χ3n) is 2.97. The van der Waals surface area contributed by atoms with E-state index in [4.69, 9.17) is 0 Å². The molecule has 0 unspecified atom stereocenters. The smallest absolute Gasteiger partial charge is 0.216 e. The van der Waals surface area contributed by atoms with Gasteiger partial charge in [0, 0.05) is 25.5 Å². The van der Waals surface area contributed by atoms with Gasteiger partial charge in [-0.25, -0.2) is 13.1 Å². The van der Waals surface area contributed by atoms with Gasteiger partial charge >= 0.3 is 0 Å². The highest BCUT2D eigenvalue weighted by molar-refractivity contribution is 7.88. The summed E-state index contributed by atoms with van der Waals surface area (Å²) in [5, 5.41) is 3.05. The molecule has 1 heterocycles. The molecule has 0 radical (unpaired) electrons. The molecule has 21 heavy (non-hydrogen) atoms. The van der Waals surface area contributed by atoms with Gasteiger partial charge < -0.3 is 5.32 Å². The molecule has 0 saturated heterocycles. The molecular weight excluding hydrogens is 286 g/mol. The van der Waals surface area contributed by atoms with E-state index < -0.39 is 10.0 Å². The Morgan fingerprint density at radius 1 is 1.00 bits per heavy atom. The summed E-state index contributed by atoms with van der Waals surface area (Å²) in [5.74, 6) is -0.0182. The predicted molar refractivity (Wildman–Crippen MR) is 82.9 cm³/mol. The first kappa shape index (κ1) is 15.6. The third kappa shape index (κ3) is 5.26. The van der Waals surface area contributed by atoms with Crippen molar-refractivity contribution in [2.75, 3.05) is 7.05 Å². The molecule has 0 aliphatic carbocycles. The molecule has 1 aromatic carbocycles. The third-order valence-corrected chi connectivity index (χ3v) is 4.27. The average molecular weight is 305 g/mol. The zero-order valence-corrected chi connectivity index (χ0v) is 12.7. The van der Waals surface area contributed by atoms with E-state index in [9.17, 15) is 8.42 Å². The molecule has 0 spiro atoms. The quantitative estimate of drug-likeness (QED) is 0.811. The summed E-state index contributed by atoms with van der Waals surface area (Å²) in [6, 6.07) is 11.1. The maximum Gasteiger partial charge on any atom is 0.216 e. The second kappa shape index (κ2) is 7.31. The Labute approximate surface area is 125 Å². The fraction of sp³-hybridized carbons (Fsp3) is 0.267. The lowest BCUT2D eigenvalue weighted by molar-refractivity contribution is 0.580. The van der Waals surface area contributed by atoms with Gasteiger partial charge in [0.05, 0.1) is 5.75 Å². The number of hydrogen-bond donors (Lipinski definition) is 2. The molecule has 0 amide bonds. The first-order chi connectivity index (χ1) is 10.1. The summed E-state index contributed by atoms with van der Waals surface area (Å²) in [6.45, 7) is 0.999. The lowest BCUT2D eigenvalue weighted by atomic mass is 10.1. The number of hydrogen-bond acceptors (Lipinski definition) is 4. The Balaban J connectivity index is 1.99. The van der Waals surface area contributed by atoms with Gasteiger partial charge in [-0.15, -0.1) is 0 Å². The molecule has 112 valence electrons. The molecule has 6 heteroatoms. The van der Waals surface area contributed by atoms with Crippen molar-refractivity contribution in [3.05, 3.63) is 65.5 Å². The number of pyridine rings is 1. The number of nitrogens with one attached hydrogen (secondary N) is 2. The number of rotatable bonds is 7. The summed E-state index contributed by atoms with van der Waals surface area (Å²) in [6.07, 6.45) is 3.29. The topological polar surface area (TPSA) is 71.1 Å². The molecule has 0 saturated carbocycles. The minimum Gasteiger partial charge on any atom is -0.316 e. The van der Waals surface area contributed by atoms with Crippen LogP contribution in [0.2, 0.25) is 0 Å². The largest absolute Gasteiger partial charge is 0.316 e. The highest BCUT2D eigenvalue weighted by Crippen LogP contribution is 2.09. The van der Waals surface area contributed by atoms with Gasteiger partial charge in [0.2, 0.25) is 10.0 Å². The van der Waals surface area contributed by atoms with Crippen LogP contribution in [-0.4, -0.2) is 20.4 Å². The van der Waals surface area contributed by atoms with Crippen LogP contribution >= 0.6 is 0 Å². The lowest BCUT2D eigenvalue weighted by Gasteiger charge is -2.08. The maximum absolute atomic E-state index is 12.1. The monoisotopic (exact) mass is 305 g/mol. The Morgan fingerprint density at radius 2 is 1.71 bits per heavy atom. The van der Waals surface area contributed by atoms with Crippen LogP contribution in [0.4, 0.5) is 0 Å². The first-order valence-corrected chi connectivity index (χ1v) is 8.33. The lowest BCUT2D eigenvalue weighted by Crippen LogP contribution is -2.24. The molecule has 0 bridgehead atoms. The van der Waals surface area contributed by atoms with Crippen LogP contribution in [0.5, 0.6) is 0 Å². The second-order valence-corrected chi connectivity index (χ2v) is 6.59. The Morgan fingerprint density at radius 3 is 2.43 bits per heavy atom. The number of benzene rings is 1. The minimum atomic E-state index is -3.36. The molecule has 5 nitrogen and oxygen atoms in total. The molecule has 2 rings (SSSR count). The predicted octanol–water partition coefficient (Wildman–Crippen LogP) is 1.42. The van der Waals surface area contributed by atoms with Gasteiger partial charge in [-0.2, -0.15) is 0 Å². The molecule has 0 aliphatic heterocycles.